The Bertz CT molecular complexity index is 559. The van der Waals surface area contributed by atoms with Crippen molar-refractivity contribution in [1.29, 1.82) is 0 Å². The smallest absolute Gasteiger partial charge is 0.388 e. The van der Waals surface area contributed by atoms with Gasteiger partial charge in [0.1, 0.15) is 5.82 Å². The molecule has 0 saturated heterocycles. The fourth-order valence-corrected chi connectivity index (χ4v) is 1.84. The van der Waals surface area contributed by atoms with E-state index in [0.717, 1.165) is 0 Å². The van der Waals surface area contributed by atoms with E-state index in [4.69, 9.17) is 4.74 Å². The second kappa shape index (κ2) is 5.46. The van der Waals surface area contributed by atoms with Gasteiger partial charge in [0.2, 0.25) is 0 Å². The van der Waals surface area contributed by atoms with Crippen LogP contribution in [-0.2, 0) is 0 Å². The summed E-state index contributed by atoms with van der Waals surface area (Å²) in [5.74, 6) is -0.242. The molecule has 0 unspecified atom stereocenters. The van der Waals surface area contributed by atoms with E-state index >= 15 is 0 Å². The fourth-order valence-electron chi connectivity index (χ4n) is 1.27. The molecular formula is C11H10FN3O2S. The molecule has 2 N–H and O–H groups in total. The Morgan fingerprint density at radius 3 is 3.06 bits per heavy atom. The zero-order valence-corrected chi connectivity index (χ0v) is 10.3. The van der Waals surface area contributed by atoms with E-state index in [1.165, 1.54) is 29.5 Å². The number of hydrogen-bond donors (Lipinski definition) is 2. The van der Waals surface area contributed by atoms with Crippen LogP contribution in [0.5, 0.6) is 5.88 Å². The third kappa shape index (κ3) is 2.95. The maximum Gasteiger partial charge on any atom is 0.418 e. The molecule has 1 heterocycles. The lowest BCUT2D eigenvalue weighted by Gasteiger charge is -2.05. The van der Waals surface area contributed by atoms with E-state index in [2.05, 4.69) is 15.6 Å². The summed E-state index contributed by atoms with van der Waals surface area (Å²) >= 11 is 1.31. The minimum Gasteiger partial charge on any atom is -0.388 e. The Kier molecular flexibility index (Phi) is 3.73. The number of benzene rings is 1. The Morgan fingerprint density at radius 2 is 2.33 bits per heavy atom. The predicted octanol–water partition coefficient (Wildman–Crippen LogP) is 2.93. The number of nitrogens with one attached hydrogen (secondary N) is 2. The first kappa shape index (κ1) is 12.3. The minimum absolute atomic E-state index is 0.191. The average Bonchev–Trinajstić information content (AvgIpc) is 2.76. The molecule has 0 fully saturated rings. The quantitative estimate of drug-likeness (QED) is 0.897. The van der Waals surface area contributed by atoms with Crippen LogP contribution in [0.4, 0.5) is 19.9 Å². The number of halogens is 1. The van der Waals surface area contributed by atoms with Crippen LogP contribution in [-0.4, -0.2) is 18.1 Å². The first-order chi connectivity index (χ1) is 8.69. The van der Waals surface area contributed by atoms with Crippen molar-refractivity contribution in [2.24, 2.45) is 0 Å². The van der Waals surface area contributed by atoms with Gasteiger partial charge in [0.05, 0.1) is 5.51 Å². The van der Waals surface area contributed by atoms with E-state index < -0.39 is 11.9 Å². The molecule has 0 spiro atoms. The van der Waals surface area contributed by atoms with Gasteiger partial charge in [0.15, 0.2) is 5.00 Å². The summed E-state index contributed by atoms with van der Waals surface area (Å²) in [6.07, 6.45) is -0.719. The highest BCUT2D eigenvalue weighted by atomic mass is 32.1. The third-order valence-corrected chi connectivity index (χ3v) is 2.85. The Balaban J connectivity index is 2.01. The maximum atomic E-state index is 12.9. The van der Waals surface area contributed by atoms with Gasteiger partial charge in [-0.3, -0.25) is 5.32 Å². The van der Waals surface area contributed by atoms with Gasteiger partial charge in [0, 0.05) is 12.7 Å². The van der Waals surface area contributed by atoms with E-state index in [1.54, 1.807) is 18.6 Å². The lowest BCUT2D eigenvalue weighted by atomic mass is 10.3. The molecular weight excluding hydrogens is 257 g/mol. The molecule has 2 rings (SSSR count). The normalized spacial score (nSPS) is 9.89. The summed E-state index contributed by atoms with van der Waals surface area (Å²) < 4.78 is 17.9. The summed E-state index contributed by atoms with van der Waals surface area (Å²) in [6.45, 7) is 0. The number of aromatic nitrogens is 1. The molecule has 5 nitrogen and oxygen atoms in total. The summed E-state index contributed by atoms with van der Waals surface area (Å²) in [5.41, 5.74) is 1.87. The molecule has 1 aromatic heterocycles. The van der Waals surface area contributed by atoms with E-state index in [9.17, 15) is 9.18 Å². The SMILES string of the molecule is CNc1scnc1OC(=O)Nc1cccc(F)c1. The second-order valence-corrected chi connectivity index (χ2v) is 4.12. The lowest BCUT2D eigenvalue weighted by Crippen LogP contribution is -2.17. The molecule has 7 heteroatoms. The highest BCUT2D eigenvalue weighted by Crippen LogP contribution is 2.27. The van der Waals surface area contributed by atoms with Gasteiger partial charge in [-0.2, -0.15) is 0 Å². The molecule has 0 aliphatic heterocycles. The highest BCUT2D eigenvalue weighted by molar-refractivity contribution is 7.14. The molecule has 0 radical (unpaired) electrons. The summed E-state index contributed by atoms with van der Waals surface area (Å²) in [4.78, 5) is 15.4. The summed E-state index contributed by atoms with van der Waals surface area (Å²) in [6, 6.07) is 5.54. The number of anilines is 2. The van der Waals surface area contributed by atoms with Crippen LogP contribution in [0.2, 0.25) is 0 Å². The number of ether oxygens (including phenoxy) is 1. The molecule has 0 saturated carbocycles. The summed E-state index contributed by atoms with van der Waals surface area (Å²) in [7, 11) is 1.70. The van der Waals surface area contributed by atoms with Crippen molar-refractivity contribution in [2.45, 2.75) is 0 Å². The number of nitrogens with zero attached hydrogens (tertiary/aromatic N) is 1. The van der Waals surface area contributed by atoms with Crippen LogP contribution < -0.4 is 15.4 Å². The van der Waals surface area contributed by atoms with Gasteiger partial charge >= 0.3 is 6.09 Å². The Hall–Kier alpha value is -2.15. The second-order valence-electron chi connectivity index (χ2n) is 3.26. The Labute approximate surface area is 107 Å². The van der Waals surface area contributed by atoms with Gasteiger partial charge in [-0.05, 0) is 18.2 Å². The van der Waals surface area contributed by atoms with Crippen LogP contribution in [0.1, 0.15) is 0 Å². The van der Waals surface area contributed by atoms with Crippen molar-refractivity contribution in [3.05, 3.63) is 35.6 Å². The largest absolute Gasteiger partial charge is 0.418 e. The first-order valence-electron chi connectivity index (χ1n) is 5.04. The molecule has 0 atom stereocenters. The van der Waals surface area contributed by atoms with Gasteiger partial charge < -0.3 is 10.1 Å². The maximum absolute atomic E-state index is 12.9. The minimum atomic E-state index is -0.719. The van der Waals surface area contributed by atoms with Crippen LogP contribution >= 0.6 is 11.3 Å². The van der Waals surface area contributed by atoms with Crippen molar-refractivity contribution in [2.75, 3.05) is 17.7 Å². The fraction of sp³-hybridized carbons (Fsp3) is 0.0909. The number of carbonyl (C=O) groups is 1. The van der Waals surface area contributed by atoms with E-state index in [0.29, 0.717) is 10.7 Å². The third-order valence-electron chi connectivity index (χ3n) is 2.02. The molecule has 94 valence electrons. The summed E-state index contributed by atoms with van der Waals surface area (Å²) in [5, 5.41) is 5.90. The zero-order valence-electron chi connectivity index (χ0n) is 9.44. The lowest BCUT2D eigenvalue weighted by molar-refractivity contribution is 0.214. The Morgan fingerprint density at radius 1 is 1.50 bits per heavy atom. The first-order valence-corrected chi connectivity index (χ1v) is 5.92. The molecule has 0 bridgehead atoms. The molecule has 0 aliphatic rings. The standard InChI is InChI=1S/C11H10FN3O2S/c1-13-10-9(14-6-18-10)17-11(16)15-8-4-2-3-7(12)5-8/h2-6,13H,1H3,(H,15,16). The van der Waals surface area contributed by atoms with Gasteiger partial charge in [0.25, 0.3) is 5.88 Å². The average molecular weight is 267 g/mol. The molecule has 0 aliphatic carbocycles. The number of amides is 1. The monoisotopic (exact) mass is 267 g/mol. The molecule has 2 aromatic rings. The van der Waals surface area contributed by atoms with Gasteiger partial charge in [-0.25, -0.2) is 14.2 Å². The van der Waals surface area contributed by atoms with Crippen molar-refractivity contribution < 1.29 is 13.9 Å². The van der Waals surface area contributed by atoms with Gasteiger partial charge in [-0.1, -0.05) is 6.07 Å². The van der Waals surface area contributed by atoms with E-state index in [-0.39, 0.29) is 5.88 Å². The molecule has 1 aromatic carbocycles. The topological polar surface area (TPSA) is 63.3 Å². The number of hydrogen-bond acceptors (Lipinski definition) is 5. The van der Waals surface area contributed by atoms with Crippen molar-refractivity contribution in [1.82, 2.24) is 4.98 Å². The zero-order chi connectivity index (χ0) is 13.0. The molecule has 1 amide bonds. The van der Waals surface area contributed by atoms with Crippen molar-refractivity contribution in [3.63, 3.8) is 0 Å². The van der Waals surface area contributed by atoms with Crippen LogP contribution in [0.25, 0.3) is 0 Å². The van der Waals surface area contributed by atoms with Crippen LogP contribution in [0.15, 0.2) is 29.8 Å². The van der Waals surface area contributed by atoms with Crippen LogP contribution in [0, 0.1) is 5.82 Å². The highest BCUT2D eigenvalue weighted by Gasteiger charge is 2.11. The van der Waals surface area contributed by atoms with Crippen LogP contribution in [0.3, 0.4) is 0 Å². The van der Waals surface area contributed by atoms with E-state index in [1.807, 2.05) is 0 Å². The van der Waals surface area contributed by atoms with Crippen molar-refractivity contribution in [3.8, 4) is 5.88 Å². The molecule has 18 heavy (non-hydrogen) atoms. The number of thiazole rings is 1. The number of rotatable bonds is 3. The van der Waals surface area contributed by atoms with Crippen molar-refractivity contribution >= 4 is 28.1 Å². The van der Waals surface area contributed by atoms with Gasteiger partial charge in [-0.15, -0.1) is 11.3 Å². The number of carbonyl (C=O) groups excluding carboxylic acids is 1. The predicted molar refractivity (Wildman–Crippen MR) is 67.7 cm³/mol.